The Morgan fingerprint density at radius 2 is 2.00 bits per heavy atom. The Balaban J connectivity index is 1.73. The molecule has 13 heavy (non-hydrogen) atoms. The van der Waals surface area contributed by atoms with Gasteiger partial charge in [-0.2, -0.15) is 0 Å². The summed E-state index contributed by atoms with van der Waals surface area (Å²) < 4.78 is 0. The van der Waals surface area contributed by atoms with E-state index in [1.807, 2.05) is 0 Å². The van der Waals surface area contributed by atoms with Gasteiger partial charge >= 0.3 is 0 Å². The van der Waals surface area contributed by atoms with Gasteiger partial charge in [-0.05, 0) is 32.2 Å². The van der Waals surface area contributed by atoms with Crippen LogP contribution in [0.3, 0.4) is 0 Å². The molecule has 3 rings (SSSR count). The highest BCUT2D eigenvalue weighted by Crippen LogP contribution is 2.35. The van der Waals surface area contributed by atoms with Crippen molar-refractivity contribution >= 4 is 0 Å². The van der Waals surface area contributed by atoms with E-state index in [1.54, 1.807) is 0 Å². The minimum Gasteiger partial charge on any atom is -0.308 e. The lowest BCUT2D eigenvalue weighted by Gasteiger charge is -2.43. The molecule has 0 aromatic heterocycles. The first kappa shape index (κ1) is 8.25. The van der Waals surface area contributed by atoms with Crippen LogP contribution in [-0.2, 0) is 0 Å². The van der Waals surface area contributed by atoms with Crippen molar-refractivity contribution in [2.75, 3.05) is 19.6 Å². The number of piperazine rings is 1. The Morgan fingerprint density at radius 3 is 2.85 bits per heavy atom. The molecule has 1 atom stereocenters. The van der Waals surface area contributed by atoms with Crippen molar-refractivity contribution in [3.63, 3.8) is 0 Å². The van der Waals surface area contributed by atoms with Crippen molar-refractivity contribution < 1.29 is 0 Å². The van der Waals surface area contributed by atoms with Crippen molar-refractivity contribution in [3.05, 3.63) is 0 Å². The molecule has 2 heteroatoms. The normalized spacial score (nSPS) is 38.3. The summed E-state index contributed by atoms with van der Waals surface area (Å²) in [5, 5.41) is 3.82. The van der Waals surface area contributed by atoms with E-state index in [1.165, 1.54) is 58.2 Å². The van der Waals surface area contributed by atoms with Crippen LogP contribution in [0, 0.1) is 0 Å². The molecule has 0 unspecified atom stereocenters. The molecule has 0 aromatic rings. The molecule has 0 aromatic carbocycles. The van der Waals surface area contributed by atoms with Gasteiger partial charge in [0.05, 0.1) is 0 Å². The van der Waals surface area contributed by atoms with Crippen LogP contribution in [0.25, 0.3) is 0 Å². The molecule has 3 fully saturated rings. The molecule has 1 aliphatic carbocycles. The van der Waals surface area contributed by atoms with Crippen LogP contribution in [0.15, 0.2) is 0 Å². The van der Waals surface area contributed by atoms with E-state index in [-0.39, 0.29) is 0 Å². The number of rotatable bonds is 0. The van der Waals surface area contributed by atoms with Crippen LogP contribution < -0.4 is 5.32 Å². The average molecular weight is 180 g/mol. The van der Waals surface area contributed by atoms with Crippen molar-refractivity contribution in [1.29, 1.82) is 0 Å². The molecule has 1 spiro atoms. The lowest BCUT2D eigenvalue weighted by molar-refractivity contribution is 0.113. The summed E-state index contributed by atoms with van der Waals surface area (Å²) in [6, 6.07) is 0.881. The predicted octanol–water partition coefficient (Wildman–Crippen LogP) is 1.37. The Labute approximate surface area is 80.7 Å². The highest BCUT2D eigenvalue weighted by molar-refractivity contribution is 5.02. The summed E-state index contributed by atoms with van der Waals surface area (Å²) in [5.74, 6) is 0. The second-order valence-corrected chi connectivity index (χ2v) is 5.13. The fraction of sp³-hybridized carbons (Fsp3) is 1.00. The van der Waals surface area contributed by atoms with Crippen LogP contribution in [0.5, 0.6) is 0 Å². The summed E-state index contributed by atoms with van der Waals surface area (Å²) in [6.07, 6.45) is 8.62. The Bertz CT molecular complexity index is 196. The molecule has 1 N–H and O–H groups in total. The third kappa shape index (κ3) is 1.31. The molecule has 1 saturated carbocycles. The molecule has 2 heterocycles. The Morgan fingerprint density at radius 1 is 1.15 bits per heavy atom. The second kappa shape index (κ2) is 2.96. The first-order chi connectivity index (χ1) is 6.38. The standard InChI is InChI=1S/C11H20N2/c1-2-6-11(5-1)9-13-7-3-4-10(13)8-12-11/h10,12H,1-9H2/t10-/m0/s1. The van der Waals surface area contributed by atoms with Gasteiger partial charge in [0, 0.05) is 24.7 Å². The van der Waals surface area contributed by atoms with Crippen LogP contribution in [0.4, 0.5) is 0 Å². The van der Waals surface area contributed by atoms with Crippen LogP contribution in [-0.4, -0.2) is 36.1 Å². The molecule has 2 aliphatic heterocycles. The number of hydrogen-bond acceptors (Lipinski definition) is 2. The summed E-state index contributed by atoms with van der Waals surface area (Å²) in [7, 11) is 0. The lowest BCUT2D eigenvalue weighted by atomic mass is 9.93. The van der Waals surface area contributed by atoms with E-state index in [9.17, 15) is 0 Å². The van der Waals surface area contributed by atoms with Gasteiger partial charge in [-0.1, -0.05) is 12.8 Å². The maximum atomic E-state index is 3.82. The second-order valence-electron chi connectivity index (χ2n) is 5.13. The zero-order valence-electron chi connectivity index (χ0n) is 8.39. The molecule has 74 valence electrons. The van der Waals surface area contributed by atoms with E-state index in [0.29, 0.717) is 5.54 Å². The van der Waals surface area contributed by atoms with Crippen molar-refractivity contribution in [2.45, 2.75) is 50.1 Å². The quantitative estimate of drug-likeness (QED) is 0.605. The van der Waals surface area contributed by atoms with E-state index >= 15 is 0 Å². The van der Waals surface area contributed by atoms with Gasteiger partial charge in [-0.25, -0.2) is 0 Å². The summed E-state index contributed by atoms with van der Waals surface area (Å²) in [4.78, 5) is 2.74. The van der Waals surface area contributed by atoms with Crippen molar-refractivity contribution in [1.82, 2.24) is 10.2 Å². The number of nitrogens with one attached hydrogen (secondary N) is 1. The molecular weight excluding hydrogens is 160 g/mol. The zero-order valence-corrected chi connectivity index (χ0v) is 8.39. The predicted molar refractivity (Wildman–Crippen MR) is 53.8 cm³/mol. The largest absolute Gasteiger partial charge is 0.308 e. The first-order valence-electron chi connectivity index (χ1n) is 5.87. The molecule has 0 bridgehead atoms. The first-order valence-corrected chi connectivity index (χ1v) is 5.87. The molecule has 2 saturated heterocycles. The van der Waals surface area contributed by atoms with Crippen LogP contribution >= 0.6 is 0 Å². The van der Waals surface area contributed by atoms with E-state index in [0.717, 1.165) is 6.04 Å². The highest BCUT2D eigenvalue weighted by Gasteiger charge is 2.42. The van der Waals surface area contributed by atoms with E-state index < -0.39 is 0 Å². The van der Waals surface area contributed by atoms with Gasteiger partial charge < -0.3 is 5.32 Å². The summed E-state index contributed by atoms with van der Waals surface area (Å²) in [6.45, 7) is 3.98. The number of nitrogens with zero attached hydrogens (tertiary/aromatic N) is 1. The SMILES string of the molecule is C1C[C@H]2CNC3(CCCC3)CN2C1. The third-order valence-electron chi connectivity index (χ3n) is 4.28. The summed E-state index contributed by atoms with van der Waals surface area (Å²) in [5.41, 5.74) is 0.542. The topological polar surface area (TPSA) is 15.3 Å². The van der Waals surface area contributed by atoms with E-state index in [4.69, 9.17) is 0 Å². The Hall–Kier alpha value is -0.0800. The lowest BCUT2D eigenvalue weighted by Crippen LogP contribution is -2.61. The van der Waals surface area contributed by atoms with Gasteiger partial charge in [0.2, 0.25) is 0 Å². The zero-order chi connectivity index (χ0) is 8.73. The smallest absolute Gasteiger partial charge is 0.0309 e. The fourth-order valence-electron chi connectivity index (χ4n) is 3.50. The average Bonchev–Trinajstić information content (AvgIpc) is 2.74. The van der Waals surface area contributed by atoms with Gasteiger partial charge in [0.25, 0.3) is 0 Å². The molecule has 0 radical (unpaired) electrons. The van der Waals surface area contributed by atoms with Crippen molar-refractivity contribution in [2.24, 2.45) is 0 Å². The molecule has 3 aliphatic rings. The minimum atomic E-state index is 0.542. The summed E-state index contributed by atoms with van der Waals surface area (Å²) >= 11 is 0. The Kier molecular flexibility index (Phi) is 1.88. The van der Waals surface area contributed by atoms with Crippen molar-refractivity contribution in [3.8, 4) is 0 Å². The molecule has 0 amide bonds. The highest BCUT2D eigenvalue weighted by atomic mass is 15.3. The monoisotopic (exact) mass is 180 g/mol. The molecular formula is C11H20N2. The molecule has 2 nitrogen and oxygen atoms in total. The van der Waals surface area contributed by atoms with E-state index in [2.05, 4.69) is 10.2 Å². The maximum Gasteiger partial charge on any atom is 0.0309 e. The van der Waals surface area contributed by atoms with Gasteiger partial charge in [-0.15, -0.1) is 0 Å². The fourth-order valence-corrected chi connectivity index (χ4v) is 3.50. The third-order valence-corrected chi connectivity index (χ3v) is 4.28. The number of hydrogen-bond donors (Lipinski definition) is 1. The number of fused-ring (bicyclic) bond motifs is 1. The van der Waals surface area contributed by atoms with Gasteiger partial charge in [0.15, 0.2) is 0 Å². The van der Waals surface area contributed by atoms with Gasteiger partial charge in [-0.3, -0.25) is 4.90 Å². The maximum absolute atomic E-state index is 3.82. The minimum absolute atomic E-state index is 0.542. The van der Waals surface area contributed by atoms with Crippen LogP contribution in [0.2, 0.25) is 0 Å². The van der Waals surface area contributed by atoms with Gasteiger partial charge in [0.1, 0.15) is 0 Å². The van der Waals surface area contributed by atoms with Crippen LogP contribution in [0.1, 0.15) is 38.5 Å².